The molecule has 1 amide bonds. The number of nitrogens with two attached hydrogens (primary N) is 2. The van der Waals surface area contributed by atoms with Crippen molar-refractivity contribution in [3.05, 3.63) is 78.9 Å². The number of ether oxygens (including phenoxy) is 1. The summed E-state index contributed by atoms with van der Waals surface area (Å²) in [5, 5.41) is 24.3. The van der Waals surface area contributed by atoms with Crippen molar-refractivity contribution in [3.63, 3.8) is 0 Å². The molecule has 2 aromatic carbocycles. The largest absolute Gasteiger partial charge is 0.481 e. The number of likely N-dealkylation sites (tertiary alicyclic amines) is 1. The van der Waals surface area contributed by atoms with Gasteiger partial charge in [-0.25, -0.2) is 9.97 Å². The minimum Gasteiger partial charge on any atom is -0.481 e. The lowest BCUT2D eigenvalue weighted by molar-refractivity contribution is -0.153. The molecule has 3 fully saturated rings. The molecule has 0 bridgehead atoms. The zero-order valence-corrected chi connectivity index (χ0v) is 31.6. The molecular formula is C40H44F3N11O3. The number of benzene rings is 2. The molecule has 17 heteroatoms. The summed E-state index contributed by atoms with van der Waals surface area (Å²) in [7, 11) is 0. The number of rotatable bonds is 11. The van der Waals surface area contributed by atoms with Crippen molar-refractivity contribution in [2.24, 2.45) is 37.8 Å². The second kappa shape index (κ2) is 14.8. The van der Waals surface area contributed by atoms with Gasteiger partial charge < -0.3 is 21.3 Å². The summed E-state index contributed by atoms with van der Waals surface area (Å²) in [5.74, 6) is 10.9. The Morgan fingerprint density at radius 2 is 1.70 bits per heavy atom. The molecular weight excluding hydrogens is 740 g/mol. The minimum absolute atomic E-state index is 0.0910. The Kier molecular flexibility index (Phi) is 10.2. The second-order valence-electron chi connectivity index (χ2n) is 15.4. The van der Waals surface area contributed by atoms with Gasteiger partial charge in [0.05, 0.1) is 17.4 Å². The predicted molar refractivity (Wildman–Crippen MR) is 208 cm³/mol. The standard InChI is InChI=1S/C40H44F3N11O3/c1-5-24-18-26-33(34(57-22-40(41,42)43)32(24)31-23(4)8-9-28-27(31)19-46-49-28)47-36(25-10-16-54(17-11-25)30(56)7-3)48-35(26)38(50-52-44)14-12-37(13-15-38)20-39(21-37,51-53-45)29(55)6-2/h5-9,18-19,25H,1-3,10-17,20-22H2,4H3,(H2,44,50)(H2,45,51)(H,46,49). The molecule has 2 aromatic heterocycles. The van der Waals surface area contributed by atoms with E-state index in [1.54, 1.807) is 17.2 Å². The number of aryl methyl sites for hydroxylation is 1. The fourth-order valence-electron chi connectivity index (χ4n) is 9.30. The lowest BCUT2D eigenvalue weighted by Crippen LogP contribution is -2.57. The maximum Gasteiger partial charge on any atom is 0.422 e. The van der Waals surface area contributed by atoms with E-state index in [1.807, 2.05) is 25.1 Å². The van der Waals surface area contributed by atoms with Crippen LogP contribution in [0, 0.1) is 12.3 Å². The number of fused-ring (bicyclic) bond motifs is 2. The highest BCUT2D eigenvalue weighted by molar-refractivity contribution is 6.05. The first kappa shape index (κ1) is 39.2. The molecule has 0 radical (unpaired) electrons. The smallest absolute Gasteiger partial charge is 0.422 e. The Balaban J connectivity index is 1.45. The number of ketones is 1. The van der Waals surface area contributed by atoms with Gasteiger partial charge in [-0.05, 0) is 105 Å². The molecule has 57 heavy (non-hydrogen) atoms. The molecule has 2 aliphatic carbocycles. The number of nitrogens with zero attached hydrogens (tertiary/aromatic N) is 8. The average Bonchev–Trinajstić information content (AvgIpc) is 3.68. The Bertz CT molecular complexity index is 2330. The van der Waals surface area contributed by atoms with Crippen LogP contribution in [0.2, 0.25) is 0 Å². The molecule has 298 valence electrons. The first-order valence-electron chi connectivity index (χ1n) is 18.7. The molecule has 5 N–H and O–H groups in total. The number of hydrogen-bond donors (Lipinski definition) is 3. The highest BCUT2D eigenvalue weighted by atomic mass is 19.4. The van der Waals surface area contributed by atoms with Gasteiger partial charge in [0.25, 0.3) is 0 Å². The van der Waals surface area contributed by atoms with Crippen molar-refractivity contribution in [2.75, 3.05) is 19.7 Å². The van der Waals surface area contributed by atoms with Gasteiger partial charge in [-0.3, -0.25) is 14.7 Å². The molecule has 3 aliphatic rings. The van der Waals surface area contributed by atoms with Gasteiger partial charge in [0, 0.05) is 35.3 Å². The van der Waals surface area contributed by atoms with Crippen LogP contribution in [0.5, 0.6) is 5.75 Å². The minimum atomic E-state index is -4.69. The third-order valence-corrected chi connectivity index (χ3v) is 12.1. The summed E-state index contributed by atoms with van der Waals surface area (Å²) in [6, 6.07) is 5.53. The molecule has 1 spiro atoms. The molecule has 0 atom stereocenters. The van der Waals surface area contributed by atoms with Crippen LogP contribution in [0.1, 0.15) is 79.9 Å². The van der Waals surface area contributed by atoms with E-state index in [9.17, 15) is 22.8 Å². The monoisotopic (exact) mass is 783 g/mol. The summed E-state index contributed by atoms with van der Waals surface area (Å²) in [5.41, 5.74) is 1.01. The predicted octanol–water partition coefficient (Wildman–Crippen LogP) is 7.65. The molecule has 4 aromatic rings. The van der Waals surface area contributed by atoms with Gasteiger partial charge in [0.15, 0.2) is 18.1 Å². The number of aromatic amines is 1. The van der Waals surface area contributed by atoms with Gasteiger partial charge in [0.2, 0.25) is 5.91 Å². The van der Waals surface area contributed by atoms with Crippen molar-refractivity contribution in [3.8, 4) is 16.9 Å². The average molecular weight is 784 g/mol. The van der Waals surface area contributed by atoms with E-state index in [2.05, 4.69) is 50.6 Å². The van der Waals surface area contributed by atoms with Crippen LogP contribution < -0.4 is 16.4 Å². The number of hydrogen-bond acceptors (Lipinski definition) is 10. The number of piperidine rings is 1. The quantitative estimate of drug-likeness (QED) is 0.0595. The number of alkyl halides is 3. The molecule has 7 rings (SSSR count). The summed E-state index contributed by atoms with van der Waals surface area (Å²) in [6.45, 7) is 12.4. The van der Waals surface area contributed by atoms with E-state index in [0.29, 0.717) is 109 Å². The van der Waals surface area contributed by atoms with Crippen LogP contribution in [0.4, 0.5) is 13.2 Å². The number of halogens is 3. The number of H-pyrrole nitrogens is 1. The van der Waals surface area contributed by atoms with Gasteiger partial charge in [-0.1, -0.05) is 42.3 Å². The van der Waals surface area contributed by atoms with E-state index < -0.39 is 23.9 Å². The second-order valence-corrected chi connectivity index (χ2v) is 15.4. The molecule has 14 nitrogen and oxygen atoms in total. The third-order valence-electron chi connectivity index (χ3n) is 12.1. The van der Waals surface area contributed by atoms with E-state index in [0.717, 1.165) is 5.56 Å². The van der Waals surface area contributed by atoms with Crippen molar-refractivity contribution < 1.29 is 27.5 Å². The fraction of sp³-hybridized carbons (Fsp3) is 0.425. The SMILES string of the molecule is C=CC(=O)N1CCC(c2nc(C3(N=NN)CCC4(CC3)CC(N=NN)(C(=O)C=C)C4)c3cc(C=C)c(-c4c(C)ccc5[nH]ncc45)c(OCC(F)(F)F)c3n2)CC1. The first-order valence-corrected chi connectivity index (χ1v) is 18.7. The molecule has 1 saturated heterocycles. The Hall–Kier alpha value is -6.00. The van der Waals surface area contributed by atoms with Gasteiger partial charge >= 0.3 is 6.18 Å². The maximum absolute atomic E-state index is 14.1. The molecule has 3 heterocycles. The fourth-order valence-corrected chi connectivity index (χ4v) is 9.30. The highest BCUT2D eigenvalue weighted by Crippen LogP contribution is 2.62. The lowest BCUT2D eigenvalue weighted by atomic mass is 9.49. The van der Waals surface area contributed by atoms with E-state index >= 15 is 0 Å². The topological polar surface area (TPSA) is 203 Å². The van der Waals surface area contributed by atoms with E-state index in [-0.39, 0.29) is 34.3 Å². The summed E-state index contributed by atoms with van der Waals surface area (Å²) in [4.78, 5) is 37.3. The number of carbonyl (C=O) groups excluding carboxylic acids is 2. The Labute approximate surface area is 326 Å². The van der Waals surface area contributed by atoms with Crippen LogP contribution in [0.25, 0.3) is 39.0 Å². The first-order chi connectivity index (χ1) is 27.2. The number of carbonyl (C=O) groups is 2. The number of nitrogens with one attached hydrogen (secondary N) is 1. The number of amides is 1. The summed E-state index contributed by atoms with van der Waals surface area (Å²) in [6.07, 6.45) is 4.77. The van der Waals surface area contributed by atoms with Crippen molar-refractivity contribution in [1.29, 1.82) is 0 Å². The molecule has 1 aliphatic heterocycles. The van der Waals surface area contributed by atoms with Gasteiger partial charge in [-0.2, -0.15) is 28.5 Å². The summed E-state index contributed by atoms with van der Waals surface area (Å²) < 4.78 is 48.3. The maximum atomic E-state index is 14.1. The van der Waals surface area contributed by atoms with Crippen molar-refractivity contribution >= 4 is 39.6 Å². The number of aromatic nitrogens is 4. The van der Waals surface area contributed by atoms with Crippen LogP contribution in [0.15, 0.2) is 77.0 Å². The lowest BCUT2D eigenvalue weighted by Gasteiger charge is -2.56. The molecule has 2 saturated carbocycles. The normalized spacial score (nSPS) is 24.3. The van der Waals surface area contributed by atoms with Crippen LogP contribution in [-0.2, 0) is 15.1 Å². The van der Waals surface area contributed by atoms with Gasteiger partial charge in [0.1, 0.15) is 22.4 Å². The van der Waals surface area contributed by atoms with E-state index in [4.69, 9.17) is 26.4 Å². The highest BCUT2D eigenvalue weighted by Gasteiger charge is 2.61. The van der Waals surface area contributed by atoms with Crippen LogP contribution >= 0.6 is 0 Å². The zero-order chi connectivity index (χ0) is 40.8. The van der Waals surface area contributed by atoms with Crippen molar-refractivity contribution in [2.45, 2.75) is 81.5 Å². The van der Waals surface area contributed by atoms with Crippen LogP contribution in [-0.4, -0.2) is 68.2 Å². The summed E-state index contributed by atoms with van der Waals surface area (Å²) >= 11 is 0. The zero-order valence-electron chi connectivity index (χ0n) is 31.6. The van der Waals surface area contributed by atoms with E-state index in [1.165, 1.54) is 12.2 Å². The molecule has 0 unspecified atom stereocenters. The Morgan fingerprint density at radius 1 is 1.00 bits per heavy atom. The third kappa shape index (κ3) is 6.92. The van der Waals surface area contributed by atoms with Crippen LogP contribution in [0.3, 0.4) is 0 Å². The Morgan fingerprint density at radius 3 is 2.32 bits per heavy atom. The van der Waals surface area contributed by atoms with Crippen molar-refractivity contribution in [1.82, 2.24) is 25.1 Å². The van der Waals surface area contributed by atoms with Gasteiger partial charge in [-0.15, -0.1) is 0 Å².